The molecule has 1 saturated heterocycles. The Labute approximate surface area is 157 Å². The van der Waals surface area contributed by atoms with E-state index in [-0.39, 0.29) is 18.6 Å². The van der Waals surface area contributed by atoms with E-state index in [9.17, 15) is 9.59 Å². The number of nitrogens with zero attached hydrogens (tertiary/aromatic N) is 2. The Morgan fingerprint density at radius 3 is 2.56 bits per heavy atom. The maximum Gasteiger partial charge on any atom is 0.254 e. The number of methoxy groups -OCH3 is 1. The molecule has 2 aromatic carbocycles. The third-order valence-electron chi connectivity index (χ3n) is 4.92. The summed E-state index contributed by atoms with van der Waals surface area (Å²) in [7, 11) is 1.60. The maximum atomic E-state index is 12.9. The second-order valence-corrected chi connectivity index (χ2v) is 6.43. The third kappa shape index (κ3) is 3.05. The number of rotatable bonds is 3. The number of fused-ring (bicyclic) bond motifs is 1. The molecule has 1 atom stereocenters. The Bertz CT molecular complexity index is 880. The first-order chi connectivity index (χ1) is 13.1. The number of carbonyl (C=O) groups is 2. The number of anilines is 1. The lowest BCUT2D eigenvalue weighted by Crippen LogP contribution is -2.57. The summed E-state index contributed by atoms with van der Waals surface area (Å²) in [5, 5.41) is 0. The van der Waals surface area contributed by atoms with Gasteiger partial charge in [0.15, 0.2) is 11.5 Å². The van der Waals surface area contributed by atoms with Crippen molar-refractivity contribution >= 4 is 17.5 Å². The van der Waals surface area contributed by atoms with Crippen molar-refractivity contribution in [3.8, 4) is 17.2 Å². The second kappa shape index (κ2) is 6.83. The van der Waals surface area contributed by atoms with Crippen molar-refractivity contribution in [1.82, 2.24) is 4.90 Å². The van der Waals surface area contributed by atoms with Gasteiger partial charge < -0.3 is 24.0 Å². The number of carbonyl (C=O) groups excluding carboxylic acids is 2. The molecule has 1 fully saturated rings. The molecule has 0 spiro atoms. The predicted octanol–water partition coefficient (Wildman–Crippen LogP) is 2.30. The maximum absolute atomic E-state index is 12.9. The summed E-state index contributed by atoms with van der Waals surface area (Å²) in [6.45, 7) is 2.79. The highest BCUT2D eigenvalue weighted by atomic mass is 16.7. The molecule has 0 bridgehead atoms. The highest BCUT2D eigenvalue weighted by Gasteiger charge is 2.35. The number of hydrogen-bond acceptors (Lipinski definition) is 5. The van der Waals surface area contributed by atoms with Crippen LogP contribution in [0.2, 0.25) is 0 Å². The smallest absolute Gasteiger partial charge is 0.254 e. The molecule has 0 aromatic heterocycles. The Balaban J connectivity index is 1.51. The van der Waals surface area contributed by atoms with Crippen LogP contribution in [0.1, 0.15) is 17.3 Å². The van der Waals surface area contributed by atoms with Crippen LogP contribution in [0, 0.1) is 0 Å². The van der Waals surface area contributed by atoms with E-state index in [0.29, 0.717) is 30.2 Å². The van der Waals surface area contributed by atoms with Gasteiger partial charge in [-0.3, -0.25) is 9.59 Å². The minimum atomic E-state index is -0.557. The first-order valence-electron chi connectivity index (χ1n) is 8.74. The summed E-state index contributed by atoms with van der Waals surface area (Å²) in [5.74, 6) is 1.61. The molecule has 0 radical (unpaired) electrons. The van der Waals surface area contributed by atoms with Crippen molar-refractivity contribution in [2.45, 2.75) is 13.0 Å². The fraction of sp³-hybridized carbons (Fsp3) is 0.300. The van der Waals surface area contributed by atoms with Gasteiger partial charge in [0.05, 0.1) is 7.11 Å². The van der Waals surface area contributed by atoms with E-state index < -0.39 is 6.04 Å². The fourth-order valence-electron chi connectivity index (χ4n) is 3.36. The Morgan fingerprint density at radius 1 is 1.07 bits per heavy atom. The lowest BCUT2D eigenvalue weighted by Gasteiger charge is -2.39. The highest BCUT2D eigenvalue weighted by Crippen LogP contribution is 2.33. The number of hydrogen-bond donors (Lipinski definition) is 0. The zero-order chi connectivity index (χ0) is 19.0. The molecule has 0 aliphatic carbocycles. The molecule has 7 heteroatoms. The normalized spacial score (nSPS) is 18.6. The molecule has 0 saturated carbocycles. The van der Waals surface area contributed by atoms with E-state index in [0.717, 1.165) is 11.4 Å². The monoisotopic (exact) mass is 368 g/mol. The van der Waals surface area contributed by atoms with Gasteiger partial charge >= 0.3 is 0 Å². The van der Waals surface area contributed by atoms with Crippen LogP contribution < -0.4 is 19.1 Å². The largest absolute Gasteiger partial charge is 0.497 e. The van der Waals surface area contributed by atoms with E-state index >= 15 is 0 Å². The van der Waals surface area contributed by atoms with Gasteiger partial charge in [0.25, 0.3) is 5.91 Å². The van der Waals surface area contributed by atoms with E-state index in [1.54, 1.807) is 42.0 Å². The molecular weight excluding hydrogens is 348 g/mol. The molecule has 2 heterocycles. The van der Waals surface area contributed by atoms with Gasteiger partial charge in [-0.25, -0.2) is 0 Å². The molecule has 2 amide bonds. The second-order valence-electron chi connectivity index (χ2n) is 6.43. The first kappa shape index (κ1) is 17.2. The Hall–Kier alpha value is -3.22. The molecule has 27 heavy (non-hydrogen) atoms. The first-order valence-corrected chi connectivity index (χ1v) is 8.74. The van der Waals surface area contributed by atoms with Gasteiger partial charge in [0.1, 0.15) is 11.8 Å². The Kier molecular flexibility index (Phi) is 4.35. The van der Waals surface area contributed by atoms with Gasteiger partial charge in [-0.1, -0.05) is 0 Å². The molecular formula is C20H20N2O5. The minimum Gasteiger partial charge on any atom is -0.497 e. The molecule has 1 unspecified atom stereocenters. The summed E-state index contributed by atoms with van der Waals surface area (Å²) in [6, 6.07) is 11.8. The summed E-state index contributed by atoms with van der Waals surface area (Å²) in [6.07, 6.45) is 0. The van der Waals surface area contributed by atoms with E-state index in [1.165, 1.54) is 0 Å². The molecule has 140 valence electrons. The van der Waals surface area contributed by atoms with Crippen molar-refractivity contribution < 1.29 is 23.8 Å². The van der Waals surface area contributed by atoms with Gasteiger partial charge in [-0.15, -0.1) is 0 Å². The van der Waals surface area contributed by atoms with E-state index in [2.05, 4.69) is 0 Å². The van der Waals surface area contributed by atoms with Crippen LogP contribution in [-0.4, -0.2) is 49.7 Å². The van der Waals surface area contributed by atoms with E-state index in [4.69, 9.17) is 14.2 Å². The van der Waals surface area contributed by atoms with Crippen LogP contribution in [0.3, 0.4) is 0 Å². The highest BCUT2D eigenvalue weighted by molar-refractivity contribution is 6.03. The van der Waals surface area contributed by atoms with Crippen molar-refractivity contribution in [3.63, 3.8) is 0 Å². The van der Waals surface area contributed by atoms with Crippen LogP contribution in [0.25, 0.3) is 0 Å². The van der Waals surface area contributed by atoms with Crippen LogP contribution in [-0.2, 0) is 4.79 Å². The zero-order valence-corrected chi connectivity index (χ0v) is 15.2. The molecule has 2 aliphatic heterocycles. The van der Waals surface area contributed by atoms with Crippen LogP contribution in [0.4, 0.5) is 5.69 Å². The average molecular weight is 368 g/mol. The molecule has 2 aromatic rings. The third-order valence-corrected chi connectivity index (χ3v) is 4.92. The predicted molar refractivity (Wildman–Crippen MR) is 98.4 cm³/mol. The van der Waals surface area contributed by atoms with Crippen molar-refractivity contribution in [3.05, 3.63) is 48.0 Å². The van der Waals surface area contributed by atoms with E-state index in [1.807, 2.05) is 24.3 Å². The fourth-order valence-corrected chi connectivity index (χ4v) is 3.36. The summed E-state index contributed by atoms with van der Waals surface area (Å²) in [4.78, 5) is 29.1. The topological polar surface area (TPSA) is 68.3 Å². The quantitative estimate of drug-likeness (QED) is 0.832. The Morgan fingerprint density at radius 2 is 1.81 bits per heavy atom. The van der Waals surface area contributed by atoms with Gasteiger partial charge in [0, 0.05) is 24.3 Å². The number of ether oxygens (including phenoxy) is 3. The average Bonchev–Trinajstić information content (AvgIpc) is 3.17. The summed E-state index contributed by atoms with van der Waals surface area (Å²) in [5.41, 5.74) is 1.28. The SMILES string of the molecule is COc1ccc(N2CCN(C(=O)c3ccc4c(c3)OCO4)C(C)C2=O)cc1. The lowest BCUT2D eigenvalue weighted by molar-refractivity contribution is -0.124. The van der Waals surface area contributed by atoms with Crippen LogP contribution in [0.15, 0.2) is 42.5 Å². The number of piperazine rings is 1. The lowest BCUT2D eigenvalue weighted by atomic mass is 10.1. The van der Waals surface area contributed by atoms with Crippen molar-refractivity contribution in [2.24, 2.45) is 0 Å². The van der Waals surface area contributed by atoms with Crippen LogP contribution >= 0.6 is 0 Å². The summed E-state index contributed by atoms with van der Waals surface area (Å²) >= 11 is 0. The number of benzene rings is 2. The minimum absolute atomic E-state index is 0.111. The van der Waals surface area contributed by atoms with Crippen molar-refractivity contribution in [2.75, 3.05) is 31.9 Å². The molecule has 2 aliphatic rings. The van der Waals surface area contributed by atoms with Gasteiger partial charge in [-0.2, -0.15) is 0 Å². The number of amides is 2. The zero-order valence-electron chi connectivity index (χ0n) is 15.2. The van der Waals surface area contributed by atoms with Crippen LogP contribution in [0.5, 0.6) is 17.2 Å². The molecule has 0 N–H and O–H groups in total. The molecule has 4 rings (SSSR count). The van der Waals surface area contributed by atoms with Crippen molar-refractivity contribution in [1.29, 1.82) is 0 Å². The van der Waals surface area contributed by atoms with Gasteiger partial charge in [0.2, 0.25) is 12.7 Å². The molecule has 7 nitrogen and oxygen atoms in total. The van der Waals surface area contributed by atoms with Gasteiger partial charge in [-0.05, 0) is 49.4 Å². The standard InChI is InChI=1S/C20H20N2O5/c1-13-19(23)22(15-4-6-16(25-2)7-5-15)10-9-21(13)20(24)14-3-8-17-18(11-14)27-12-26-17/h3-8,11,13H,9-10,12H2,1-2H3. The summed E-state index contributed by atoms with van der Waals surface area (Å²) < 4.78 is 15.8.